The minimum atomic E-state index is -3.96. The van der Waals surface area contributed by atoms with Gasteiger partial charge < -0.3 is 5.73 Å². The molecule has 33 heavy (non-hydrogen) atoms. The highest BCUT2D eigenvalue weighted by Gasteiger charge is 2.33. The van der Waals surface area contributed by atoms with Crippen LogP contribution in [0, 0.1) is 0 Å². The van der Waals surface area contributed by atoms with E-state index in [2.05, 4.69) is 9.39 Å². The molecule has 1 atom stereocenters. The number of guanidine groups is 1. The molecule has 2 aromatic carbocycles. The highest BCUT2D eigenvalue weighted by atomic mass is 35.5. The summed E-state index contributed by atoms with van der Waals surface area (Å²) in [4.78, 5) is 4.28. The average Bonchev–Trinajstić information content (AvgIpc) is 3.25. The summed E-state index contributed by atoms with van der Waals surface area (Å²) in [5.41, 5.74) is 8.63. The standard InChI is InChI=1S/C22H27ClN6O2S2/c1-4-28(5-2)33(30,31)27-22(25-21(24)32-3)29-15-19(16-9-7-6-8-10-16)20(26-29)17-11-13-18(23)14-12-17/h6-14,19H,4-5,15H2,1-3H3,(H2,24,25,27). The van der Waals surface area contributed by atoms with Crippen LogP contribution in [-0.4, -0.2) is 60.5 Å². The number of halogens is 1. The summed E-state index contributed by atoms with van der Waals surface area (Å²) in [5.74, 6) is -0.196. The molecule has 0 amide bonds. The van der Waals surface area contributed by atoms with Crippen LogP contribution >= 0.6 is 23.4 Å². The molecule has 3 rings (SSSR count). The number of benzene rings is 2. The number of hydrazone groups is 1. The molecular formula is C22H27ClN6O2S2. The first kappa shape index (κ1) is 25.2. The molecule has 176 valence electrons. The van der Waals surface area contributed by atoms with Gasteiger partial charge in [0.15, 0.2) is 5.17 Å². The van der Waals surface area contributed by atoms with E-state index >= 15 is 0 Å². The normalized spacial score (nSPS) is 17.5. The third kappa shape index (κ3) is 6.14. The molecule has 1 unspecified atom stereocenters. The lowest BCUT2D eigenvalue weighted by molar-refractivity contribution is 0.441. The zero-order chi connectivity index (χ0) is 24.0. The molecule has 0 aromatic heterocycles. The van der Waals surface area contributed by atoms with E-state index < -0.39 is 10.2 Å². The number of thioether (sulfide) groups is 1. The molecule has 2 aromatic rings. The molecule has 11 heteroatoms. The molecule has 0 saturated carbocycles. The third-order valence-corrected chi connectivity index (χ3v) is 7.46. The number of nitrogens with zero attached hydrogens (tertiary/aromatic N) is 5. The molecule has 0 aliphatic carbocycles. The molecule has 1 heterocycles. The number of rotatable bonds is 6. The maximum absolute atomic E-state index is 12.9. The maximum Gasteiger partial charge on any atom is 0.325 e. The lowest BCUT2D eigenvalue weighted by Crippen LogP contribution is -2.33. The fourth-order valence-electron chi connectivity index (χ4n) is 3.43. The van der Waals surface area contributed by atoms with E-state index in [0.29, 0.717) is 24.7 Å². The van der Waals surface area contributed by atoms with Gasteiger partial charge in [-0.2, -0.15) is 22.8 Å². The highest BCUT2D eigenvalue weighted by molar-refractivity contribution is 8.13. The Balaban J connectivity index is 2.11. The largest absolute Gasteiger partial charge is 0.378 e. The maximum atomic E-state index is 12.9. The molecular weight excluding hydrogens is 480 g/mol. The second-order valence-corrected chi connectivity index (χ2v) is 10.0. The summed E-state index contributed by atoms with van der Waals surface area (Å²) in [6.07, 6.45) is 1.76. The Morgan fingerprint density at radius 1 is 1.18 bits per heavy atom. The van der Waals surface area contributed by atoms with Crippen molar-refractivity contribution in [2.24, 2.45) is 20.2 Å². The van der Waals surface area contributed by atoms with E-state index in [9.17, 15) is 8.42 Å². The van der Waals surface area contributed by atoms with Gasteiger partial charge in [0.05, 0.1) is 12.3 Å². The van der Waals surface area contributed by atoms with Crippen LogP contribution in [-0.2, 0) is 10.2 Å². The Labute approximate surface area is 204 Å². The summed E-state index contributed by atoms with van der Waals surface area (Å²) in [5, 5.41) is 7.07. The van der Waals surface area contributed by atoms with Gasteiger partial charge in [0.25, 0.3) is 5.96 Å². The van der Waals surface area contributed by atoms with Crippen LogP contribution in [0.1, 0.15) is 30.9 Å². The Morgan fingerprint density at radius 3 is 2.39 bits per heavy atom. The Hall–Kier alpha value is -2.40. The van der Waals surface area contributed by atoms with Gasteiger partial charge in [0.1, 0.15) is 0 Å². The van der Waals surface area contributed by atoms with Gasteiger partial charge in [0.2, 0.25) is 0 Å². The van der Waals surface area contributed by atoms with Gasteiger partial charge >= 0.3 is 10.2 Å². The SMILES string of the molecule is CCN(CC)S(=O)(=O)/N=C(/N=C(\N)SC)N1CC(c2ccccc2)C(c2ccc(Cl)cc2)=N1. The van der Waals surface area contributed by atoms with Crippen LogP contribution in [0.15, 0.2) is 69.1 Å². The summed E-state index contributed by atoms with van der Waals surface area (Å²) in [6, 6.07) is 17.3. The van der Waals surface area contributed by atoms with Crippen molar-refractivity contribution in [2.45, 2.75) is 19.8 Å². The Morgan fingerprint density at radius 2 is 1.82 bits per heavy atom. The van der Waals surface area contributed by atoms with Gasteiger partial charge in [-0.15, -0.1) is 4.40 Å². The Bertz CT molecular complexity index is 1150. The third-order valence-electron chi connectivity index (χ3n) is 5.13. The molecule has 0 spiro atoms. The first-order chi connectivity index (χ1) is 15.8. The van der Waals surface area contributed by atoms with Crippen LogP contribution in [0.5, 0.6) is 0 Å². The van der Waals surface area contributed by atoms with Crippen molar-refractivity contribution >= 4 is 50.4 Å². The smallest absolute Gasteiger partial charge is 0.325 e. The van der Waals surface area contributed by atoms with Crippen molar-refractivity contribution in [1.29, 1.82) is 0 Å². The lowest BCUT2D eigenvalue weighted by Gasteiger charge is -2.18. The quantitative estimate of drug-likeness (QED) is 0.474. The molecule has 1 aliphatic rings. The average molecular weight is 507 g/mol. The molecule has 0 bridgehead atoms. The minimum Gasteiger partial charge on any atom is -0.378 e. The second kappa shape index (κ2) is 11.1. The zero-order valence-corrected chi connectivity index (χ0v) is 21.1. The van der Waals surface area contributed by atoms with Crippen LogP contribution in [0.3, 0.4) is 0 Å². The predicted octanol–water partition coefficient (Wildman–Crippen LogP) is 3.76. The predicted molar refractivity (Wildman–Crippen MR) is 138 cm³/mol. The summed E-state index contributed by atoms with van der Waals surface area (Å²) >= 11 is 7.28. The van der Waals surface area contributed by atoms with Crippen LogP contribution in [0.25, 0.3) is 0 Å². The van der Waals surface area contributed by atoms with Crippen molar-refractivity contribution in [3.05, 3.63) is 70.7 Å². The number of nitrogens with two attached hydrogens (primary N) is 1. The van der Waals surface area contributed by atoms with Crippen molar-refractivity contribution < 1.29 is 8.42 Å². The number of hydrogen-bond donors (Lipinski definition) is 1. The van der Waals surface area contributed by atoms with E-state index in [4.69, 9.17) is 22.4 Å². The lowest BCUT2D eigenvalue weighted by atomic mass is 9.91. The summed E-state index contributed by atoms with van der Waals surface area (Å²) < 4.78 is 31.1. The Kier molecular flexibility index (Phi) is 8.52. The second-order valence-electron chi connectivity index (χ2n) is 7.15. The van der Waals surface area contributed by atoms with E-state index in [-0.39, 0.29) is 17.0 Å². The van der Waals surface area contributed by atoms with Crippen molar-refractivity contribution in [3.63, 3.8) is 0 Å². The fourth-order valence-corrected chi connectivity index (χ4v) is 4.84. The van der Waals surface area contributed by atoms with Crippen LogP contribution in [0.4, 0.5) is 0 Å². The zero-order valence-electron chi connectivity index (χ0n) is 18.7. The number of amidine groups is 1. The molecule has 1 aliphatic heterocycles. The van der Waals surface area contributed by atoms with Gasteiger partial charge in [-0.05, 0) is 29.5 Å². The molecule has 0 fully saturated rings. The number of hydrogen-bond acceptors (Lipinski definition) is 4. The fraction of sp³-hybridized carbons (Fsp3) is 0.318. The molecule has 0 radical (unpaired) electrons. The van der Waals surface area contributed by atoms with Crippen molar-refractivity contribution in [3.8, 4) is 0 Å². The summed E-state index contributed by atoms with van der Waals surface area (Å²) in [6.45, 7) is 4.47. The first-order valence-corrected chi connectivity index (χ1v) is 13.4. The molecule has 2 N–H and O–H groups in total. The van der Waals surface area contributed by atoms with E-state index in [1.165, 1.54) is 21.1 Å². The van der Waals surface area contributed by atoms with E-state index in [1.54, 1.807) is 32.2 Å². The van der Waals surface area contributed by atoms with E-state index in [1.807, 2.05) is 42.5 Å². The van der Waals surface area contributed by atoms with Gasteiger partial charge in [-0.3, -0.25) is 0 Å². The van der Waals surface area contributed by atoms with Gasteiger partial charge in [-0.25, -0.2) is 5.01 Å². The van der Waals surface area contributed by atoms with Gasteiger partial charge in [0, 0.05) is 24.0 Å². The number of aliphatic imine (C=N–C) groups is 1. The molecule has 0 saturated heterocycles. The van der Waals surface area contributed by atoms with E-state index in [0.717, 1.165) is 16.8 Å². The van der Waals surface area contributed by atoms with Crippen molar-refractivity contribution in [1.82, 2.24) is 9.31 Å². The highest BCUT2D eigenvalue weighted by Crippen LogP contribution is 2.30. The van der Waals surface area contributed by atoms with Crippen LogP contribution in [0.2, 0.25) is 5.02 Å². The van der Waals surface area contributed by atoms with Crippen LogP contribution < -0.4 is 5.73 Å². The topological polar surface area (TPSA) is 104 Å². The monoisotopic (exact) mass is 506 g/mol. The van der Waals surface area contributed by atoms with Crippen molar-refractivity contribution in [2.75, 3.05) is 25.9 Å². The first-order valence-electron chi connectivity index (χ1n) is 10.4. The minimum absolute atomic E-state index is 0.0707. The van der Waals surface area contributed by atoms with Gasteiger partial charge in [-0.1, -0.05) is 79.7 Å². The summed E-state index contributed by atoms with van der Waals surface area (Å²) in [7, 11) is -3.96. The molecule has 8 nitrogen and oxygen atoms in total.